The summed E-state index contributed by atoms with van der Waals surface area (Å²) >= 11 is 3.64. The largest absolute Gasteiger partial charge is 0.347 e. The molecule has 2 heterocycles. The van der Waals surface area contributed by atoms with Crippen molar-refractivity contribution in [2.45, 2.75) is 50.3 Å². The third kappa shape index (κ3) is 3.63. The number of nitrogens with one attached hydrogen (secondary N) is 1. The van der Waals surface area contributed by atoms with Gasteiger partial charge >= 0.3 is 0 Å². The van der Waals surface area contributed by atoms with Crippen LogP contribution in [0.15, 0.2) is 6.07 Å². The maximum Gasteiger partial charge on any atom is 0.261 e. The Bertz CT molecular complexity index is 471. The number of nitrogens with two attached hydrogens (primary N) is 1. The molecular weight excluding hydrogens is 300 g/mol. The fourth-order valence-electron chi connectivity index (χ4n) is 3.40. The third-order valence-corrected chi connectivity index (χ3v) is 6.88. The Morgan fingerprint density at radius 2 is 2.19 bits per heavy atom. The first-order chi connectivity index (χ1) is 10.3. The summed E-state index contributed by atoms with van der Waals surface area (Å²) in [5, 5.41) is 3.20. The third-order valence-electron chi connectivity index (χ3n) is 4.64. The Labute approximate surface area is 135 Å². The predicted molar refractivity (Wildman–Crippen MR) is 91.1 cm³/mol. The number of carbonyl (C=O) groups is 1. The molecule has 1 aromatic heterocycles. The molecule has 5 heteroatoms. The van der Waals surface area contributed by atoms with E-state index in [-0.39, 0.29) is 11.9 Å². The molecule has 1 aromatic rings. The van der Waals surface area contributed by atoms with Gasteiger partial charge in [0.15, 0.2) is 0 Å². The van der Waals surface area contributed by atoms with Crippen LogP contribution in [-0.2, 0) is 12.2 Å². The Morgan fingerprint density at radius 1 is 1.38 bits per heavy atom. The molecule has 116 valence electrons. The van der Waals surface area contributed by atoms with E-state index in [2.05, 4.69) is 11.4 Å². The summed E-state index contributed by atoms with van der Waals surface area (Å²) in [5.74, 6) is 2.89. The zero-order valence-electron chi connectivity index (χ0n) is 12.4. The first-order valence-corrected chi connectivity index (χ1v) is 9.95. The van der Waals surface area contributed by atoms with E-state index >= 15 is 0 Å². The van der Waals surface area contributed by atoms with Gasteiger partial charge in [-0.1, -0.05) is 19.3 Å². The Balaban J connectivity index is 1.65. The van der Waals surface area contributed by atoms with Crippen LogP contribution in [0, 0.1) is 5.92 Å². The molecule has 1 aliphatic carbocycles. The van der Waals surface area contributed by atoms with Gasteiger partial charge < -0.3 is 11.1 Å². The van der Waals surface area contributed by atoms with E-state index < -0.39 is 0 Å². The van der Waals surface area contributed by atoms with Gasteiger partial charge in [-0.05, 0) is 42.6 Å². The van der Waals surface area contributed by atoms with E-state index in [1.54, 1.807) is 11.3 Å². The fourth-order valence-corrected chi connectivity index (χ4v) is 5.68. The summed E-state index contributed by atoms with van der Waals surface area (Å²) in [6.07, 6.45) is 7.42. The van der Waals surface area contributed by atoms with Gasteiger partial charge in [-0.2, -0.15) is 11.8 Å². The molecule has 0 saturated heterocycles. The fraction of sp³-hybridized carbons (Fsp3) is 0.688. The first kappa shape index (κ1) is 15.4. The summed E-state index contributed by atoms with van der Waals surface area (Å²) in [5.41, 5.74) is 7.28. The van der Waals surface area contributed by atoms with Crippen LogP contribution in [0.3, 0.4) is 0 Å². The lowest BCUT2D eigenvalue weighted by atomic mass is 9.84. The minimum Gasteiger partial charge on any atom is -0.347 e. The molecule has 3 nitrogen and oxygen atoms in total. The monoisotopic (exact) mass is 324 g/mol. The Hall–Kier alpha value is -0.520. The Kier molecular flexibility index (Phi) is 5.24. The number of fused-ring (bicyclic) bond motifs is 1. The second kappa shape index (κ2) is 7.16. The van der Waals surface area contributed by atoms with Gasteiger partial charge in [0.2, 0.25) is 0 Å². The highest BCUT2D eigenvalue weighted by Gasteiger charge is 2.25. The van der Waals surface area contributed by atoms with E-state index in [9.17, 15) is 4.79 Å². The average molecular weight is 325 g/mol. The highest BCUT2D eigenvalue weighted by Crippen LogP contribution is 2.32. The minimum atomic E-state index is 0.0837. The molecule has 1 unspecified atom stereocenters. The molecule has 0 bridgehead atoms. The molecule has 3 rings (SSSR count). The first-order valence-electron chi connectivity index (χ1n) is 7.98. The number of hydrogen-bond acceptors (Lipinski definition) is 4. The number of hydrogen-bond donors (Lipinski definition) is 2. The van der Waals surface area contributed by atoms with Gasteiger partial charge in [-0.25, -0.2) is 0 Å². The quantitative estimate of drug-likeness (QED) is 0.894. The van der Waals surface area contributed by atoms with Gasteiger partial charge in [0.25, 0.3) is 5.91 Å². The lowest BCUT2D eigenvalue weighted by molar-refractivity contribution is 0.0919. The molecule has 1 fully saturated rings. The normalized spacial score (nSPS) is 20.8. The zero-order valence-corrected chi connectivity index (χ0v) is 14.0. The van der Waals surface area contributed by atoms with Crippen molar-refractivity contribution in [1.82, 2.24) is 5.32 Å². The van der Waals surface area contributed by atoms with Crippen LogP contribution in [0.25, 0.3) is 0 Å². The Morgan fingerprint density at radius 3 is 2.90 bits per heavy atom. The standard InChI is InChI=1S/C16H24N2OS2/c17-9-13(11-4-2-1-3-5-11)18-16(19)15-8-12-10-20-7-6-14(12)21-15/h8,11,13H,1-7,9-10,17H2,(H,18,19). The number of amides is 1. The van der Waals surface area contributed by atoms with Crippen LogP contribution in [-0.4, -0.2) is 24.2 Å². The van der Waals surface area contributed by atoms with Gasteiger partial charge in [0.1, 0.15) is 0 Å². The lowest BCUT2D eigenvalue weighted by Crippen LogP contribution is -2.45. The smallest absolute Gasteiger partial charge is 0.261 e. The SMILES string of the molecule is NCC(NC(=O)c1cc2c(s1)CCSC2)C1CCCCC1. The van der Waals surface area contributed by atoms with Crippen molar-refractivity contribution in [2.75, 3.05) is 12.3 Å². The van der Waals surface area contributed by atoms with Crippen molar-refractivity contribution in [1.29, 1.82) is 0 Å². The highest BCUT2D eigenvalue weighted by atomic mass is 32.2. The molecule has 0 spiro atoms. The molecular formula is C16H24N2OS2. The lowest BCUT2D eigenvalue weighted by Gasteiger charge is -2.29. The van der Waals surface area contributed by atoms with E-state index in [0.29, 0.717) is 12.5 Å². The summed E-state index contributed by atoms with van der Waals surface area (Å²) in [6.45, 7) is 0.553. The molecule has 1 atom stereocenters. The topological polar surface area (TPSA) is 55.1 Å². The van der Waals surface area contributed by atoms with Gasteiger partial charge in [0, 0.05) is 23.2 Å². The van der Waals surface area contributed by atoms with Gasteiger partial charge in [0.05, 0.1) is 4.88 Å². The van der Waals surface area contributed by atoms with Crippen LogP contribution >= 0.6 is 23.1 Å². The summed E-state index contributed by atoms with van der Waals surface area (Å²) in [6, 6.07) is 2.24. The number of carbonyl (C=O) groups excluding carboxylic acids is 1. The van der Waals surface area contributed by atoms with Crippen molar-refractivity contribution >= 4 is 29.0 Å². The van der Waals surface area contributed by atoms with Gasteiger partial charge in [-0.15, -0.1) is 11.3 Å². The van der Waals surface area contributed by atoms with Crippen LogP contribution in [0.5, 0.6) is 0 Å². The minimum absolute atomic E-state index is 0.0837. The van der Waals surface area contributed by atoms with Crippen LogP contribution in [0.4, 0.5) is 0 Å². The van der Waals surface area contributed by atoms with E-state index in [1.807, 2.05) is 11.8 Å². The maximum absolute atomic E-state index is 12.5. The summed E-state index contributed by atoms with van der Waals surface area (Å²) in [7, 11) is 0. The van der Waals surface area contributed by atoms with E-state index in [1.165, 1.54) is 48.3 Å². The molecule has 21 heavy (non-hydrogen) atoms. The van der Waals surface area contributed by atoms with Crippen molar-refractivity contribution in [2.24, 2.45) is 11.7 Å². The molecule has 1 aliphatic heterocycles. The zero-order chi connectivity index (χ0) is 14.7. The number of rotatable bonds is 4. The van der Waals surface area contributed by atoms with Crippen molar-refractivity contribution in [3.05, 3.63) is 21.4 Å². The average Bonchev–Trinajstić information content (AvgIpc) is 2.97. The van der Waals surface area contributed by atoms with Crippen LogP contribution in [0.2, 0.25) is 0 Å². The second-order valence-electron chi connectivity index (χ2n) is 6.08. The second-order valence-corrected chi connectivity index (χ2v) is 8.32. The molecule has 0 aromatic carbocycles. The molecule has 1 saturated carbocycles. The van der Waals surface area contributed by atoms with Crippen LogP contribution in [0.1, 0.15) is 52.2 Å². The van der Waals surface area contributed by atoms with Gasteiger partial charge in [-0.3, -0.25) is 4.79 Å². The molecule has 0 radical (unpaired) electrons. The number of aryl methyl sites for hydroxylation is 1. The molecule has 1 amide bonds. The number of thioether (sulfide) groups is 1. The van der Waals surface area contributed by atoms with Crippen molar-refractivity contribution in [3.63, 3.8) is 0 Å². The maximum atomic E-state index is 12.5. The summed E-state index contributed by atoms with van der Waals surface area (Å²) in [4.78, 5) is 14.8. The number of thiophene rings is 1. The van der Waals surface area contributed by atoms with Crippen molar-refractivity contribution in [3.8, 4) is 0 Å². The molecule has 2 aliphatic rings. The van der Waals surface area contributed by atoms with Crippen molar-refractivity contribution < 1.29 is 4.79 Å². The van der Waals surface area contributed by atoms with Crippen LogP contribution < -0.4 is 11.1 Å². The summed E-state index contributed by atoms with van der Waals surface area (Å²) < 4.78 is 0. The van der Waals surface area contributed by atoms with E-state index in [4.69, 9.17) is 5.73 Å². The van der Waals surface area contributed by atoms with E-state index in [0.717, 1.165) is 17.1 Å². The highest BCUT2D eigenvalue weighted by molar-refractivity contribution is 7.98. The predicted octanol–water partition coefficient (Wildman–Crippen LogP) is 3.17. The molecule has 3 N–H and O–H groups in total.